The molecule has 3 nitrogen and oxygen atoms in total. The van der Waals surface area contributed by atoms with Crippen molar-refractivity contribution in [2.45, 2.75) is 12.5 Å². The lowest BCUT2D eigenvalue weighted by atomic mass is 10.1. The maximum atomic E-state index is 10.5. The molecule has 1 aromatic rings. The van der Waals surface area contributed by atoms with Crippen LogP contribution in [0.3, 0.4) is 0 Å². The number of carboxylic acid groups (broad SMARTS) is 1. The number of hydrogen-bond acceptors (Lipinski definition) is 2. The predicted molar refractivity (Wildman–Crippen MR) is 70.7 cm³/mol. The molecule has 6 heteroatoms. The van der Waals surface area contributed by atoms with Gasteiger partial charge in [0.25, 0.3) is 0 Å². The van der Waals surface area contributed by atoms with Gasteiger partial charge in [0.05, 0.1) is 0 Å². The van der Waals surface area contributed by atoms with Crippen LogP contribution in [0.5, 0.6) is 0 Å². The second-order valence-electron chi connectivity index (χ2n) is 2.88. The Morgan fingerprint density at radius 3 is 2.73 bits per heavy atom. The standard InChI is InChI=1S/C9H9ClINO2.ClH/c10-7-2-1-6(11)3-5(7)4-8(12)9(13)14;/h1-3,8H,4,12H2,(H,13,14);1H/t8-;/m1./s1. The highest BCUT2D eigenvalue weighted by Gasteiger charge is 2.13. The number of hydrogen-bond donors (Lipinski definition) is 2. The molecule has 0 saturated heterocycles. The van der Waals surface area contributed by atoms with Crippen molar-refractivity contribution in [3.05, 3.63) is 32.4 Å². The number of halogens is 3. The molecule has 0 spiro atoms. The van der Waals surface area contributed by atoms with Gasteiger partial charge in [-0.25, -0.2) is 0 Å². The number of benzene rings is 1. The average molecular weight is 362 g/mol. The summed E-state index contributed by atoms with van der Waals surface area (Å²) in [5, 5.41) is 9.19. The van der Waals surface area contributed by atoms with Crippen molar-refractivity contribution in [3.8, 4) is 0 Å². The zero-order chi connectivity index (χ0) is 10.7. The summed E-state index contributed by atoms with van der Waals surface area (Å²) in [5.74, 6) is -1.01. The quantitative estimate of drug-likeness (QED) is 0.812. The summed E-state index contributed by atoms with van der Waals surface area (Å²) in [6.45, 7) is 0. The molecule has 0 bridgehead atoms. The van der Waals surface area contributed by atoms with E-state index in [1.165, 1.54) is 0 Å². The molecular weight excluding hydrogens is 352 g/mol. The summed E-state index contributed by atoms with van der Waals surface area (Å²) in [6.07, 6.45) is 0.255. The van der Waals surface area contributed by atoms with Crippen LogP contribution in [-0.2, 0) is 11.2 Å². The van der Waals surface area contributed by atoms with Crippen LogP contribution in [0.25, 0.3) is 0 Å². The van der Waals surface area contributed by atoms with E-state index >= 15 is 0 Å². The van der Waals surface area contributed by atoms with E-state index in [9.17, 15) is 4.79 Å². The molecule has 0 saturated carbocycles. The molecule has 1 atom stereocenters. The molecule has 0 amide bonds. The monoisotopic (exact) mass is 361 g/mol. The molecule has 0 radical (unpaired) electrons. The Bertz CT molecular complexity index is 360. The fraction of sp³-hybridized carbons (Fsp3) is 0.222. The van der Waals surface area contributed by atoms with Crippen LogP contribution >= 0.6 is 46.6 Å². The van der Waals surface area contributed by atoms with Crippen LogP contribution in [0.15, 0.2) is 18.2 Å². The van der Waals surface area contributed by atoms with Crippen LogP contribution in [0.4, 0.5) is 0 Å². The number of rotatable bonds is 3. The van der Waals surface area contributed by atoms with E-state index in [0.717, 1.165) is 9.13 Å². The summed E-state index contributed by atoms with van der Waals surface area (Å²) in [5.41, 5.74) is 6.18. The van der Waals surface area contributed by atoms with Crippen molar-refractivity contribution in [1.82, 2.24) is 0 Å². The van der Waals surface area contributed by atoms with E-state index in [2.05, 4.69) is 22.6 Å². The molecule has 0 fully saturated rings. The first-order valence-corrected chi connectivity index (χ1v) is 5.38. The number of nitrogens with two attached hydrogens (primary N) is 1. The molecule has 0 aliphatic carbocycles. The summed E-state index contributed by atoms with van der Waals surface area (Å²) < 4.78 is 1.01. The van der Waals surface area contributed by atoms with E-state index in [1.54, 1.807) is 6.07 Å². The summed E-state index contributed by atoms with van der Waals surface area (Å²) in [7, 11) is 0. The van der Waals surface area contributed by atoms with Crippen molar-refractivity contribution in [1.29, 1.82) is 0 Å². The third-order valence-corrected chi connectivity index (χ3v) is 2.80. The minimum absolute atomic E-state index is 0. The summed E-state index contributed by atoms with van der Waals surface area (Å²) >= 11 is 8.03. The normalized spacial score (nSPS) is 11.7. The smallest absolute Gasteiger partial charge is 0.320 e. The van der Waals surface area contributed by atoms with E-state index in [-0.39, 0.29) is 18.8 Å². The van der Waals surface area contributed by atoms with E-state index < -0.39 is 12.0 Å². The van der Waals surface area contributed by atoms with Crippen LogP contribution < -0.4 is 5.73 Å². The SMILES string of the molecule is Cl.N[C@H](Cc1cc(I)ccc1Cl)C(=O)O. The van der Waals surface area contributed by atoms with Crippen LogP contribution in [-0.4, -0.2) is 17.1 Å². The lowest BCUT2D eigenvalue weighted by Gasteiger charge is -2.08. The molecule has 0 aromatic heterocycles. The van der Waals surface area contributed by atoms with Gasteiger partial charge in [-0.3, -0.25) is 4.79 Å². The van der Waals surface area contributed by atoms with Crippen molar-refractivity contribution < 1.29 is 9.90 Å². The Labute approximate surface area is 113 Å². The average Bonchev–Trinajstić information content (AvgIpc) is 2.11. The Balaban J connectivity index is 0.00000196. The van der Waals surface area contributed by atoms with Crippen molar-refractivity contribution >= 4 is 52.6 Å². The number of aliphatic carboxylic acids is 1. The van der Waals surface area contributed by atoms with Gasteiger partial charge >= 0.3 is 5.97 Å². The molecule has 1 rings (SSSR count). The van der Waals surface area contributed by atoms with Crippen molar-refractivity contribution in [3.63, 3.8) is 0 Å². The molecule has 0 aliphatic heterocycles. The highest BCUT2D eigenvalue weighted by Crippen LogP contribution is 2.19. The second-order valence-corrected chi connectivity index (χ2v) is 4.54. The van der Waals surface area contributed by atoms with Crippen LogP contribution in [0.1, 0.15) is 5.56 Å². The highest BCUT2D eigenvalue weighted by atomic mass is 127. The Morgan fingerprint density at radius 1 is 1.60 bits per heavy atom. The first-order valence-electron chi connectivity index (χ1n) is 3.93. The molecule has 0 unspecified atom stereocenters. The first-order chi connectivity index (χ1) is 6.50. The molecular formula is C9H10Cl2INO2. The predicted octanol–water partition coefficient (Wildman–Crippen LogP) is 2.32. The minimum Gasteiger partial charge on any atom is -0.480 e. The van der Waals surface area contributed by atoms with Gasteiger partial charge < -0.3 is 10.8 Å². The van der Waals surface area contributed by atoms with Gasteiger partial charge in [0.2, 0.25) is 0 Å². The first kappa shape index (κ1) is 15.0. The zero-order valence-corrected chi connectivity index (χ0v) is 11.3. The van der Waals surface area contributed by atoms with Crippen molar-refractivity contribution in [2.24, 2.45) is 5.73 Å². The van der Waals surface area contributed by atoms with Crippen molar-refractivity contribution in [2.75, 3.05) is 0 Å². The topological polar surface area (TPSA) is 63.3 Å². The molecule has 0 aliphatic rings. The number of carboxylic acids is 1. The van der Waals surface area contributed by atoms with Gasteiger partial charge in [-0.05, 0) is 52.8 Å². The molecule has 84 valence electrons. The van der Waals surface area contributed by atoms with Crippen LogP contribution in [0.2, 0.25) is 5.02 Å². The summed E-state index contributed by atoms with van der Waals surface area (Å²) in [6, 6.07) is 4.54. The third-order valence-electron chi connectivity index (χ3n) is 1.76. The maximum absolute atomic E-state index is 10.5. The fourth-order valence-corrected chi connectivity index (χ4v) is 1.77. The van der Waals surface area contributed by atoms with E-state index in [4.69, 9.17) is 22.4 Å². The third kappa shape index (κ3) is 4.55. The number of carbonyl (C=O) groups is 1. The zero-order valence-electron chi connectivity index (χ0n) is 7.61. The van der Waals surface area contributed by atoms with Gasteiger partial charge in [-0.15, -0.1) is 12.4 Å². The fourth-order valence-electron chi connectivity index (χ4n) is 1.02. The van der Waals surface area contributed by atoms with Gasteiger partial charge in [0.1, 0.15) is 6.04 Å². The lowest BCUT2D eigenvalue weighted by molar-refractivity contribution is -0.138. The molecule has 3 N–H and O–H groups in total. The largest absolute Gasteiger partial charge is 0.480 e. The Morgan fingerprint density at radius 2 is 2.20 bits per heavy atom. The maximum Gasteiger partial charge on any atom is 0.320 e. The van der Waals surface area contributed by atoms with Gasteiger partial charge in [-0.1, -0.05) is 11.6 Å². The van der Waals surface area contributed by atoms with Crippen LogP contribution in [0, 0.1) is 3.57 Å². The van der Waals surface area contributed by atoms with E-state index in [0.29, 0.717) is 5.02 Å². The Hall–Kier alpha value is -0.0400. The molecule has 15 heavy (non-hydrogen) atoms. The molecule has 1 aromatic carbocycles. The lowest BCUT2D eigenvalue weighted by Crippen LogP contribution is -2.32. The van der Waals surface area contributed by atoms with Gasteiger partial charge in [0, 0.05) is 8.59 Å². The van der Waals surface area contributed by atoms with Gasteiger partial charge in [-0.2, -0.15) is 0 Å². The minimum atomic E-state index is -1.01. The second kappa shape index (κ2) is 6.52. The Kier molecular flexibility index (Phi) is 6.51. The van der Waals surface area contributed by atoms with Gasteiger partial charge in [0.15, 0.2) is 0 Å². The molecule has 0 heterocycles. The van der Waals surface area contributed by atoms with E-state index in [1.807, 2.05) is 12.1 Å². The summed E-state index contributed by atoms with van der Waals surface area (Å²) in [4.78, 5) is 10.5. The highest BCUT2D eigenvalue weighted by molar-refractivity contribution is 14.1.